The standard InChI is InChI=1S/C14H24N4O2/c1-2-4-11(18-8-6-15-7-9-18)13-16-14(20-17-13)12-5-3-10-19-12/h11-12,15H,2-10H2,1H3. The molecule has 0 amide bonds. The number of rotatable bonds is 5. The molecule has 6 nitrogen and oxygen atoms in total. The maximum absolute atomic E-state index is 5.62. The normalized spacial score (nSPS) is 25.9. The van der Waals surface area contributed by atoms with E-state index in [4.69, 9.17) is 9.26 Å². The molecule has 1 N–H and O–H groups in total. The van der Waals surface area contributed by atoms with Crippen LogP contribution >= 0.6 is 0 Å². The molecule has 0 aliphatic carbocycles. The van der Waals surface area contributed by atoms with E-state index in [9.17, 15) is 0 Å². The molecule has 2 fully saturated rings. The van der Waals surface area contributed by atoms with Crippen LogP contribution in [0.25, 0.3) is 0 Å². The van der Waals surface area contributed by atoms with E-state index in [0.717, 1.165) is 64.3 Å². The molecule has 0 aromatic carbocycles. The largest absolute Gasteiger partial charge is 0.368 e. The second-order valence-corrected chi connectivity index (χ2v) is 5.58. The van der Waals surface area contributed by atoms with E-state index in [2.05, 4.69) is 27.3 Å². The van der Waals surface area contributed by atoms with Gasteiger partial charge < -0.3 is 14.6 Å². The molecule has 0 spiro atoms. The highest BCUT2D eigenvalue weighted by molar-refractivity contribution is 4.98. The average molecular weight is 280 g/mol. The number of nitrogens with zero attached hydrogens (tertiary/aromatic N) is 3. The zero-order valence-electron chi connectivity index (χ0n) is 12.2. The van der Waals surface area contributed by atoms with Crippen LogP contribution in [0.4, 0.5) is 0 Å². The van der Waals surface area contributed by atoms with Crippen LogP contribution < -0.4 is 5.32 Å². The van der Waals surface area contributed by atoms with Crippen LogP contribution in [0, 0.1) is 0 Å². The second-order valence-electron chi connectivity index (χ2n) is 5.58. The molecule has 20 heavy (non-hydrogen) atoms. The summed E-state index contributed by atoms with van der Waals surface area (Å²) in [5.41, 5.74) is 0. The van der Waals surface area contributed by atoms with E-state index in [0.29, 0.717) is 5.89 Å². The van der Waals surface area contributed by atoms with Crippen LogP contribution in [0.2, 0.25) is 0 Å². The monoisotopic (exact) mass is 280 g/mol. The van der Waals surface area contributed by atoms with Crippen molar-refractivity contribution >= 4 is 0 Å². The SMILES string of the molecule is CCCC(c1noc(C2CCCO2)n1)N1CCNCC1. The fourth-order valence-corrected chi connectivity index (χ4v) is 3.03. The summed E-state index contributed by atoms with van der Waals surface area (Å²) in [5, 5.41) is 7.61. The lowest BCUT2D eigenvalue weighted by Crippen LogP contribution is -2.45. The smallest absolute Gasteiger partial charge is 0.255 e. The van der Waals surface area contributed by atoms with Gasteiger partial charge in [0.25, 0.3) is 5.89 Å². The van der Waals surface area contributed by atoms with Crippen molar-refractivity contribution in [1.29, 1.82) is 0 Å². The van der Waals surface area contributed by atoms with Gasteiger partial charge in [0.15, 0.2) is 5.82 Å². The average Bonchev–Trinajstić information content (AvgIpc) is 3.16. The molecule has 112 valence electrons. The van der Waals surface area contributed by atoms with Gasteiger partial charge in [0.05, 0.1) is 6.04 Å². The van der Waals surface area contributed by atoms with Gasteiger partial charge in [0.1, 0.15) is 6.10 Å². The Kier molecular flexibility index (Phi) is 4.65. The van der Waals surface area contributed by atoms with Gasteiger partial charge in [-0.1, -0.05) is 18.5 Å². The van der Waals surface area contributed by atoms with Gasteiger partial charge in [-0.25, -0.2) is 0 Å². The maximum Gasteiger partial charge on any atom is 0.255 e. The van der Waals surface area contributed by atoms with E-state index in [1.807, 2.05) is 0 Å². The molecule has 2 atom stereocenters. The highest BCUT2D eigenvalue weighted by atomic mass is 16.5. The summed E-state index contributed by atoms with van der Waals surface area (Å²) in [6, 6.07) is 0.279. The van der Waals surface area contributed by atoms with Gasteiger partial charge in [0, 0.05) is 32.8 Å². The molecule has 2 aliphatic rings. The van der Waals surface area contributed by atoms with E-state index in [-0.39, 0.29) is 12.1 Å². The van der Waals surface area contributed by atoms with E-state index >= 15 is 0 Å². The van der Waals surface area contributed by atoms with Crippen molar-refractivity contribution in [3.8, 4) is 0 Å². The number of hydrogen-bond donors (Lipinski definition) is 1. The van der Waals surface area contributed by atoms with E-state index < -0.39 is 0 Å². The van der Waals surface area contributed by atoms with Crippen LogP contribution in [0.15, 0.2) is 4.52 Å². The van der Waals surface area contributed by atoms with Crippen molar-refractivity contribution in [3.05, 3.63) is 11.7 Å². The van der Waals surface area contributed by atoms with Crippen molar-refractivity contribution in [2.75, 3.05) is 32.8 Å². The molecule has 0 bridgehead atoms. The third-order valence-electron chi connectivity index (χ3n) is 4.12. The fraction of sp³-hybridized carbons (Fsp3) is 0.857. The Balaban J connectivity index is 1.72. The summed E-state index contributed by atoms with van der Waals surface area (Å²) in [6.07, 6.45) is 4.29. The lowest BCUT2D eigenvalue weighted by Gasteiger charge is -2.33. The molecule has 0 radical (unpaired) electrons. The highest BCUT2D eigenvalue weighted by Crippen LogP contribution is 2.30. The molecular weight excluding hydrogens is 256 g/mol. The topological polar surface area (TPSA) is 63.4 Å². The van der Waals surface area contributed by atoms with Crippen LogP contribution in [0.1, 0.15) is 56.5 Å². The van der Waals surface area contributed by atoms with E-state index in [1.54, 1.807) is 0 Å². The third kappa shape index (κ3) is 3.02. The number of nitrogens with one attached hydrogen (secondary N) is 1. The Morgan fingerprint density at radius 2 is 2.25 bits per heavy atom. The summed E-state index contributed by atoms with van der Waals surface area (Å²) >= 11 is 0. The number of ether oxygens (including phenoxy) is 1. The van der Waals surface area contributed by atoms with Crippen LogP contribution in [-0.4, -0.2) is 47.8 Å². The Bertz CT molecular complexity index is 411. The van der Waals surface area contributed by atoms with Gasteiger partial charge in [0.2, 0.25) is 0 Å². The molecule has 2 unspecified atom stereocenters. The minimum Gasteiger partial charge on any atom is -0.368 e. The van der Waals surface area contributed by atoms with Gasteiger partial charge in [-0.15, -0.1) is 0 Å². The second kappa shape index (κ2) is 6.65. The molecule has 2 saturated heterocycles. The molecule has 3 heterocycles. The van der Waals surface area contributed by atoms with Crippen LogP contribution in [0.3, 0.4) is 0 Å². The lowest BCUT2D eigenvalue weighted by molar-refractivity contribution is 0.0835. The van der Waals surface area contributed by atoms with Crippen molar-refractivity contribution < 1.29 is 9.26 Å². The Morgan fingerprint density at radius 3 is 2.95 bits per heavy atom. The van der Waals surface area contributed by atoms with Crippen molar-refractivity contribution in [1.82, 2.24) is 20.4 Å². The molecule has 6 heteroatoms. The minimum absolute atomic E-state index is 0.0153. The lowest BCUT2D eigenvalue weighted by atomic mass is 10.1. The van der Waals surface area contributed by atoms with Gasteiger partial charge in [-0.3, -0.25) is 4.90 Å². The Morgan fingerprint density at radius 1 is 1.40 bits per heavy atom. The van der Waals surface area contributed by atoms with Gasteiger partial charge in [-0.2, -0.15) is 4.98 Å². The predicted molar refractivity (Wildman–Crippen MR) is 74.3 cm³/mol. The zero-order chi connectivity index (χ0) is 13.8. The van der Waals surface area contributed by atoms with Gasteiger partial charge in [-0.05, 0) is 19.3 Å². The fourth-order valence-electron chi connectivity index (χ4n) is 3.03. The minimum atomic E-state index is 0.0153. The van der Waals surface area contributed by atoms with Crippen LogP contribution in [0.5, 0.6) is 0 Å². The first-order chi connectivity index (χ1) is 9.88. The quantitative estimate of drug-likeness (QED) is 0.885. The number of aromatic nitrogens is 2. The van der Waals surface area contributed by atoms with Crippen LogP contribution in [-0.2, 0) is 4.74 Å². The summed E-state index contributed by atoms with van der Waals surface area (Å²) in [5.74, 6) is 1.49. The summed E-state index contributed by atoms with van der Waals surface area (Å²) in [7, 11) is 0. The van der Waals surface area contributed by atoms with Crippen molar-refractivity contribution in [2.45, 2.75) is 44.8 Å². The van der Waals surface area contributed by atoms with Gasteiger partial charge >= 0.3 is 0 Å². The highest BCUT2D eigenvalue weighted by Gasteiger charge is 2.29. The molecule has 3 rings (SSSR count). The first kappa shape index (κ1) is 14.0. The first-order valence-electron chi connectivity index (χ1n) is 7.78. The summed E-state index contributed by atoms with van der Waals surface area (Å²) in [4.78, 5) is 7.08. The summed E-state index contributed by atoms with van der Waals surface area (Å²) in [6.45, 7) is 7.19. The Hall–Kier alpha value is -0.980. The number of piperazine rings is 1. The zero-order valence-corrected chi connectivity index (χ0v) is 12.2. The first-order valence-corrected chi connectivity index (χ1v) is 7.78. The number of hydrogen-bond acceptors (Lipinski definition) is 6. The molecule has 1 aromatic rings. The molecular formula is C14H24N4O2. The molecule has 2 aliphatic heterocycles. The summed E-state index contributed by atoms with van der Waals surface area (Å²) < 4.78 is 11.1. The Labute approximate surface area is 119 Å². The van der Waals surface area contributed by atoms with E-state index in [1.165, 1.54) is 0 Å². The predicted octanol–water partition coefficient (Wildman–Crippen LogP) is 1.67. The molecule has 0 saturated carbocycles. The van der Waals surface area contributed by atoms with Crippen molar-refractivity contribution in [3.63, 3.8) is 0 Å². The molecule has 1 aromatic heterocycles. The maximum atomic E-state index is 5.62. The van der Waals surface area contributed by atoms with Crippen molar-refractivity contribution in [2.24, 2.45) is 0 Å². The third-order valence-corrected chi connectivity index (χ3v) is 4.12.